The number of rotatable bonds is 10. The molecule has 134 valence electrons. The van der Waals surface area contributed by atoms with Crippen molar-refractivity contribution in [3.8, 4) is 0 Å². The second kappa shape index (κ2) is 10.1. The average Bonchev–Trinajstić information content (AvgIpc) is 3.27. The Morgan fingerprint density at radius 1 is 1.30 bits per heavy atom. The Labute approximate surface area is 141 Å². The van der Waals surface area contributed by atoms with Crippen molar-refractivity contribution in [2.45, 2.75) is 32.2 Å². The van der Waals surface area contributed by atoms with Gasteiger partial charge in [-0.1, -0.05) is 0 Å². The van der Waals surface area contributed by atoms with Gasteiger partial charge in [0.15, 0.2) is 5.96 Å². The van der Waals surface area contributed by atoms with Gasteiger partial charge in [0.1, 0.15) is 0 Å². The second-order valence-electron chi connectivity index (χ2n) is 6.61. The summed E-state index contributed by atoms with van der Waals surface area (Å²) in [5.74, 6) is 1.65. The van der Waals surface area contributed by atoms with Crippen molar-refractivity contribution in [3.63, 3.8) is 0 Å². The van der Waals surface area contributed by atoms with Crippen LogP contribution in [0.15, 0.2) is 4.99 Å². The molecule has 1 unspecified atom stereocenters. The van der Waals surface area contributed by atoms with E-state index in [0.717, 1.165) is 71.0 Å². The highest BCUT2D eigenvalue weighted by molar-refractivity contribution is 5.79. The molecule has 23 heavy (non-hydrogen) atoms. The van der Waals surface area contributed by atoms with E-state index in [1.165, 1.54) is 12.8 Å². The first kappa shape index (κ1) is 18.5. The predicted octanol–water partition coefficient (Wildman–Crippen LogP) is 1.03. The number of hydrogen-bond acceptors (Lipinski definition) is 4. The lowest BCUT2D eigenvalue weighted by Gasteiger charge is -2.25. The van der Waals surface area contributed by atoms with E-state index in [4.69, 9.17) is 14.5 Å². The second-order valence-corrected chi connectivity index (χ2v) is 6.61. The maximum absolute atomic E-state index is 5.48. The molecule has 1 heterocycles. The number of methoxy groups -OCH3 is 1. The van der Waals surface area contributed by atoms with Crippen LogP contribution >= 0.6 is 0 Å². The zero-order valence-corrected chi connectivity index (χ0v) is 15.1. The van der Waals surface area contributed by atoms with Gasteiger partial charge in [0.05, 0.1) is 19.8 Å². The minimum absolute atomic E-state index is 0.633. The van der Waals surface area contributed by atoms with Crippen LogP contribution in [0.3, 0.4) is 0 Å². The van der Waals surface area contributed by atoms with E-state index in [-0.39, 0.29) is 0 Å². The van der Waals surface area contributed by atoms with E-state index in [0.29, 0.717) is 5.92 Å². The van der Waals surface area contributed by atoms with Gasteiger partial charge in [-0.15, -0.1) is 0 Å². The molecule has 0 bridgehead atoms. The van der Waals surface area contributed by atoms with Crippen molar-refractivity contribution in [3.05, 3.63) is 0 Å². The summed E-state index contributed by atoms with van der Waals surface area (Å²) in [7, 11) is 3.90. The van der Waals surface area contributed by atoms with Gasteiger partial charge in [0.25, 0.3) is 0 Å². The van der Waals surface area contributed by atoms with Gasteiger partial charge in [-0.05, 0) is 26.2 Å². The number of nitrogens with one attached hydrogen (secondary N) is 1. The molecule has 2 fully saturated rings. The lowest BCUT2D eigenvalue weighted by molar-refractivity contribution is 0.145. The summed E-state index contributed by atoms with van der Waals surface area (Å²) in [6.07, 6.45) is 3.82. The Morgan fingerprint density at radius 3 is 2.74 bits per heavy atom. The Hall–Kier alpha value is -0.850. The number of nitrogens with zero attached hydrogens (tertiary/aromatic N) is 3. The fourth-order valence-electron chi connectivity index (χ4n) is 3.08. The molecule has 0 aromatic rings. The highest BCUT2D eigenvalue weighted by Gasteiger charge is 2.28. The summed E-state index contributed by atoms with van der Waals surface area (Å²) >= 11 is 0. The highest BCUT2D eigenvalue weighted by atomic mass is 16.5. The van der Waals surface area contributed by atoms with E-state index in [1.807, 2.05) is 0 Å². The number of aliphatic imine (C=N–C) groups is 1. The van der Waals surface area contributed by atoms with Crippen molar-refractivity contribution in [1.82, 2.24) is 15.1 Å². The van der Waals surface area contributed by atoms with E-state index >= 15 is 0 Å². The molecule has 1 atom stereocenters. The maximum atomic E-state index is 5.48. The topological polar surface area (TPSA) is 49.3 Å². The van der Waals surface area contributed by atoms with Crippen molar-refractivity contribution in [1.29, 1.82) is 0 Å². The number of ether oxygens (including phenoxy) is 2. The fraction of sp³-hybridized carbons (Fsp3) is 0.941. The van der Waals surface area contributed by atoms with Crippen LogP contribution in [0.2, 0.25) is 0 Å². The third-order valence-electron chi connectivity index (χ3n) is 4.55. The normalized spacial score (nSPS) is 21.9. The quantitative estimate of drug-likeness (QED) is 0.480. The molecule has 0 radical (unpaired) electrons. The maximum Gasteiger partial charge on any atom is 0.193 e. The van der Waals surface area contributed by atoms with Crippen molar-refractivity contribution < 1.29 is 9.47 Å². The average molecular weight is 326 g/mol. The monoisotopic (exact) mass is 326 g/mol. The Balaban J connectivity index is 1.79. The van der Waals surface area contributed by atoms with Crippen molar-refractivity contribution >= 4 is 5.96 Å². The molecule has 0 aromatic heterocycles. The van der Waals surface area contributed by atoms with Gasteiger partial charge in [0.2, 0.25) is 0 Å². The zero-order valence-electron chi connectivity index (χ0n) is 15.1. The molecule has 0 spiro atoms. The zero-order chi connectivity index (χ0) is 16.5. The summed E-state index contributed by atoms with van der Waals surface area (Å²) in [6.45, 7) is 9.51. The largest absolute Gasteiger partial charge is 0.383 e. The standard InChI is InChI=1S/C17H34N4O2/c1-4-18-17(20(2)13-15-7-11-23-14-15)19-8-9-21(10-12-22-3)16-5-6-16/h15-16H,4-14H2,1-3H3,(H,18,19). The first-order valence-electron chi connectivity index (χ1n) is 9.04. The lowest BCUT2D eigenvalue weighted by Crippen LogP contribution is -2.42. The molecule has 0 aromatic carbocycles. The third-order valence-corrected chi connectivity index (χ3v) is 4.55. The molecule has 0 amide bonds. The van der Waals surface area contributed by atoms with Gasteiger partial charge >= 0.3 is 0 Å². The van der Waals surface area contributed by atoms with Crippen LogP contribution in [-0.2, 0) is 9.47 Å². The molecule has 1 aliphatic heterocycles. The van der Waals surface area contributed by atoms with E-state index in [1.54, 1.807) is 7.11 Å². The molecule has 2 aliphatic rings. The molecule has 6 heteroatoms. The SMILES string of the molecule is CCNC(=NCCN(CCOC)C1CC1)N(C)CC1CCOC1. The van der Waals surface area contributed by atoms with Gasteiger partial charge in [-0.3, -0.25) is 9.89 Å². The minimum Gasteiger partial charge on any atom is -0.383 e. The first-order valence-corrected chi connectivity index (χ1v) is 9.04. The predicted molar refractivity (Wildman–Crippen MR) is 94.0 cm³/mol. The summed E-state index contributed by atoms with van der Waals surface area (Å²) in [5, 5.41) is 3.41. The molecule has 2 rings (SSSR count). The van der Waals surface area contributed by atoms with E-state index < -0.39 is 0 Å². The summed E-state index contributed by atoms with van der Waals surface area (Å²) < 4.78 is 10.7. The smallest absolute Gasteiger partial charge is 0.193 e. The molecule has 6 nitrogen and oxygen atoms in total. The van der Waals surface area contributed by atoms with Gasteiger partial charge in [-0.25, -0.2) is 0 Å². The van der Waals surface area contributed by atoms with E-state index in [9.17, 15) is 0 Å². The third kappa shape index (κ3) is 6.65. The van der Waals surface area contributed by atoms with Gasteiger partial charge in [-0.2, -0.15) is 0 Å². The lowest BCUT2D eigenvalue weighted by atomic mass is 10.1. The molecular weight excluding hydrogens is 292 g/mol. The van der Waals surface area contributed by atoms with Crippen LogP contribution in [0, 0.1) is 5.92 Å². The molecule has 1 saturated heterocycles. The Bertz CT molecular complexity index is 355. The van der Waals surface area contributed by atoms with Crippen LogP contribution in [0.5, 0.6) is 0 Å². The van der Waals surface area contributed by atoms with Gasteiger partial charge in [0, 0.05) is 58.9 Å². The minimum atomic E-state index is 0.633. The van der Waals surface area contributed by atoms with Crippen molar-refractivity contribution in [2.75, 3.05) is 66.7 Å². The molecule has 1 aliphatic carbocycles. The first-order chi connectivity index (χ1) is 11.2. The fourth-order valence-corrected chi connectivity index (χ4v) is 3.08. The van der Waals surface area contributed by atoms with Crippen LogP contribution in [0.4, 0.5) is 0 Å². The van der Waals surface area contributed by atoms with Crippen LogP contribution in [-0.4, -0.2) is 88.5 Å². The highest BCUT2D eigenvalue weighted by Crippen LogP contribution is 2.26. The van der Waals surface area contributed by atoms with Gasteiger partial charge < -0.3 is 19.7 Å². The number of hydrogen-bond donors (Lipinski definition) is 1. The van der Waals surface area contributed by atoms with E-state index in [2.05, 4.69) is 29.1 Å². The molecule has 1 N–H and O–H groups in total. The molecule has 1 saturated carbocycles. The molecular formula is C17H34N4O2. The van der Waals surface area contributed by atoms with Crippen LogP contribution in [0.1, 0.15) is 26.2 Å². The summed E-state index contributed by atoms with van der Waals surface area (Å²) in [4.78, 5) is 9.59. The Kier molecular flexibility index (Phi) is 8.12. The van der Waals surface area contributed by atoms with Crippen LogP contribution < -0.4 is 5.32 Å². The summed E-state index contributed by atoms with van der Waals surface area (Å²) in [6, 6.07) is 0.760. The Morgan fingerprint density at radius 2 is 2.13 bits per heavy atom. The number of guanidine groups is 1. The van der Waals surface area contributed by atoms with Crippen molar-refractivity contribution in [2.24, 2.45) is 10.9 Å². The van der Waals surface area contributed by atoms with Crippen LogP contribution in [0.25, 0.3) is 0 Å². The summed E-state index contributed by atoms with van der Waals surface area (Å²) in [5.41, 5.74) is 0.